The Hall–Kier alpha value is -2.94. The zero-order chi connectivity index (χ0) is 28.0. The predicted molar refractivity (Wildman–Crippen MR) is 152 cm³/mol. The second kappa shape index (κ2) is 12.9. The van der Waals surface area contributed by atoms with Gasteiger partial charge in [-0.3, -0.25) is 9.59 Å². The van der Waals surface area contributed by atoms with Crippen LogP contribution in [-0.2, 0) is 14.3 Å². The fourth-order valence-corrected chi connectivity index (χ4v) is 5.23. The third-order valence-corrected chi connectivity index (χ3v) is 7.55. The Morgan fingerprint density at radius 3 is 2.49 bits per heavy atom. The van der Waals surface area contributed by atoms with Crippen molar-refractivity contribution in [2.75, 3.05) is 38.3 Å². The van der Waals surface area contributed by atoms with E-state index >= 15 is 0 Å². The minimum Gasteiger partial charge on any atom is -0.493 e. The van der Waals surface area contributed by atoms with Crippen LogP contribution in [0.2, 0.25) is 0 Å². The average Bonchev–Trinajstić information content (AvgIpc) is 3.76. The Balaban J connectivity index is 1.46. The number of hydrogen-bond donors (Lipinski definition) is 3. The number of methoxy groups -OCH3 is 1. The van der Waals surface area contributed by atoms with Gasteiger partial charge in [0.05, 0.1) is 30.1 Å². The monoisotopic (exact) mass is 537 g/mol. The van der Waals surface area contributed by atoms with E-state index in [4.69, 9.17) is 9.47 Å². The summed E-state index contributed by atoms with van der Waals surface area (Å²) in [4.78, 5) is 29.2. The third kappa shape index (κ3) is 7.59. The Kier molecular flexibility index (Phi) is 9.64. The van der Waals surface area contributed by atoms with Gasteiger partial charge in [-0.1, -0.05) is 36.4 Å². The van der Waals surface area contributed by atoms with Gasteiger partial charge in [-0.05, 0) is 57.2 Å². The Morgan fingerprint density at radius 1 is 1.10 bits per heavy atom. The Labute approximate surface area is 232 Å². The molecular formula is C31H43N3O5. The average molecular weight is 538 g/mol. The van der Waals surface area contributed by atoms with Crippen LogP contribution in [0, 0.1) is 18.8 Å². The van der Waals surface area contributed by atoms with E-state index in [0.29, 0.717) is 32.7 Å². The summed E-state index contributed by atoms with van der Waals surface area (Å²) >= 11 is 0. The van der Waals surface area contributed by atoms with E-state index in [-0.39, 0.29) is 29.7 Å². The quantitative estimate of drug-likeness (QED) is 0.357. The SMILES string of the molecule is COCCCOc1cc(N(C(=O)[C@H]2CNC[C@@H](C(=O)N[C@@H](c3ccccc3)C(C)(C)O)C2)C2CC2)ccc1C. The molecule has 2 aromatic rings. The van der Waals surface area contributed by atoms with E-state index in [1.165, 1.54) is 0 Å². The topological polar surface area (TPSA) is 100 Å². The summed E-state index contributed by atoms with van der Waals surface area (Å²) in [6.45, 7) is 7.61. The third-order valence-electron chi connectivity index (χ3n) is 7.55. The number of aryl methyl sites for hydroxylation is 1. The van der Waals surface area contributed by atoms with Crippen molar-refractivity contribution in [1.82, 2.24) is 10.6 Å². The zero-order valence-electron chi connectivity index (χ0n) is 23.6. The van der Waals surface area contributed by atoms with Crippen LogP contribution in [0.3, 0.4) is 0 Å². The van der Waals surface area contributed by atoms with Gasteiger partial charge in [-0.2, -0.15) is 0 Å². The number of aliphatic hydroxyl groups is 1. The summed E-state index contributed by atoms with van der Waals surface area (Å²) in [5.74, 6) is -0.0331. The molecule has 2 aliphatic rings. The summed E-state index contributed by atoms with van der Waals surface area (Å²) in [7, 11) is 1.67. The summed E-state index contributed by atoms with van der Waals surface area (Å²) in [5, 5.41) is 17.2. The lowest BCUT2D eigenvalue weighted by molar-refractivity contribution is -0.130. The maximum Gasteiger partial charge on any atom is 0.231 e. The minimum atomic E-state index is -1.15. The number of hydrogen-bond acceptors (Lipinski definition) is 6. The number of carbonyl (C=O) groups excluding carboxylic acids is 2. The van der Waals surface area contributed by atoms with E-state index in [0.717, 1.165) is 41.8 Å². The first-order chi connectivity index (χ1) is 18.7. The molecule has 1 saturated heterocycles. The number of nitrogens with zero attached hydrogens (tertiary/aromatic N) is 1. The summed E-state index contributed by atoms with van der Waals surface area (Å²) in [6.07, 6.45) is 3.19. The molecule has 0 unspecified atom stereocenters. The van der Waals surface area contributed by atoms with Crippen molar-refractivity contribution in [1.29, 1.82) is 0 Å². The molecule has 212 valence electrons. The van der Waals surface area contributed by atoms with E-state index in [1.807, 2.05) is 60.4 Å². The molecule has 2 aromatic carbocycles. The van der Waals surface area contributed by atoms with Gasteiger partial charge in [0, 0.05) is 51.0 Å². The second-order valence-corrected chi connectivity index (χ2v) is 11.4. The molecule has 4 rings (SSSR count). The first-order valence-electron chi connectivity index (χ1n) is 14.0. The highest BCUT2D eigenvalue weighted by molar-refractivity contribution is 5.97. The molecule has 0 radical (unpaired) electrons. The van der Waals surface area contributed by atoms with Crippen LogP contribution in [0.1, 0.15) is 56.7 Å². The van der Waals surface area contributed by atoms with Crippen LogP contribution in [0.5, 0.6) is 5.75 Å². The van der Waals surface area contributed by atoms with Crippen LogP contribution in [0.4, 0.5) is 5.69 Å². The number of amides is 2. The number of benzene rings is 2. The molecule has 1 aliphatic heterocycles. The Bertz CT molecular complexity index is 1110. The van der Waals surface area contributed by atoms with Gasteiger partial charge >= 0.3 is 0 Å². The van der Waals surface area contributed by atoms with Crippen molar-refractivity contribution >= 4 is 17.5 Å². The number of carbonyl (C=O) groups is 2. The second-order valence-electron chi connectivity index (χ2n) is 11.4. The number of nitrogens with one attached hydrogen (secondary N) is 2. The van der Waals surface area contributed by atoms with Crippen molar-refractivity contribution < 1.29 is 24.2 Å². The summed E-state index contributed by atoms with van der Waals surface area (Å²) < 4.78 is 11.1. The molecule has 2 amide bonds. The number of ether oxygens (including phenoxy) is 2. The van der Waals surface area contributed by atoms with Gasteiger partial charge in [0.25, 0.3) is 0 Å². The summed E-state index contributed by atoms with van der Waals surface area (Å²) in [5.41, 5.74) is 1.56. The van der Waals surface area contributed by atoms with Gasteiger partial charge < -0.3 is 30.1 Å². The van der Waals surface area contributed by atoms with Crippen LogP contribution < -0.4 is 20.3 Å². The normalized spacial score (nSPS) is 20.2. The lowest BCUT2D eigenvalue weighted by atomic mass is 9.87. The number of anilines is 1. The minimum absolute atomic E-state index is 0.0405. The Morgan fingerprint density at radius 2 is 1.82 bits per heavy atom. The predicted octanol–water partition coefficient (Wildman–Crippen LogP) is 3.76. The van der Waals surface area contributed by atoms with Gasteiger partial charge in [-0.15, -0.1) is 0 Å². The van der Waals surface area contributed by atoms with Gasteiger partial charge in [0.1, 0.15) is 5.75 Å². The van der Waals surface area contributed by atoms with Crippen molar-refractivity contribution in [2.45, 2.75) is 64.1 Å². The van der Waals surface area contributed by atoms with E-state index in [2.05, 4.69) is 10.6 Å². The van der Waals surface area contributed by atoms with Crippen LogP contribution in [0.15, 0.2) is 48.5 Å². The first-order valence-corrected chi connectivity index (χ1v) is 14.0. The highest BCUT2D eigenvalue weighted by Crippen LogP contribution is 2.37. The fraction of sp³-hybridized carbons (Fsp3) is 0.548. The fourth-order valence-electron chi connectivity index (χ4n) is 5.23. The van der Waals surface area contributed by atoms with Crippen LogP contribution in [-0.4, -0.2) is 62.0 Å². The molecule has 3 atom stereocenters. The molecule has 0 bridgehead atoms. The van der Waals surface area contributed by atoms with Gasteiger partial charge in [0.2, 0.25) is 11.8 Å². The molecule has 39 heavy (non-hydrogen) atoms. The molecule has 1 aliphatic carbocycles. The van der Waals surface area contributed by atoms with Gasteiger partial charge in [0.15, 0.2) is 0 Å². The lowest BCUT2D eigenvalue weighted by Gasteiger charge is -2.35. The van der Waals surface area contributed by atoms with Gasteiger partial charge in [-0.25, -0.2) is 0 Å². The van der Waals surface area contributed by atoms with E-state index < -0.39 is 11.6 Å². The molecular weight excluding hydrogens is 494 g/mol. The lowest BCUT2D eigenvalue weighted by Crippen LogP contribution is -2.51. The van der Waals surface area contributed by atoms with Crippen LogP contribution >= 0.6 is 0 Å². The first kappa shape index (κ1) is 29.1. The molecule has 8 heteroatoms. The smallest absolute Gasteiger partial charge is 0.231 e. The molecule has 0 aromatic heterocycles. The highest BCUT2D eigenvalue weighted by atomic mass is 16.5. The molecule has 1 saturated carbocycles. The molecule has 2 fully saturated rings. The van der Waals surface area contributed by atoms with Crippen molar-refractivity contribution in [3.8, 4) is 5.75 Å². The van der Waals surface area contributed by atoms with E-state index in [9.17, 15) is 14.7 Å². The van der Waals surface area contributed by atoms with Crippen molar-refractivity contribution in [2.24, 2.45) is 11.8 Å². The maximum absolute atomic E-state index is 13.9. The molecule has 8 nitrogen and oxygen atoms in total. The van der Waals surface area contributed by atoms with E-state index in [1.54, 1.807) is 21.0 Å². The summed E-state index contributed by atoms with van der Waals surface area (Å²) in [6, 6.07) is 15.1. The number of rotatable bonds is 12. The number of piperidine rings is 1. The largest absolute Gasteiger partial charge is 0.493 e. The van der Waals surface area contributed by atoms with Crippen molar-refractivity contribution in [3.05, 3.63) is 59.7 Å². The zero-order valence-corrected chi connectivity index (χ0v) is 23.6. The molecule has 3 N–H and O–H groups in total. The standard InChI is InChI=1S/C31H43N3O5/c1-21-11-12-26(18-27(21)39-16-8-15-38-4)34(25-13-14-25)30(36)24-17-23(19-32-20-24)29(35)33-28(31(2,3)37)22-9-6-5-7-10-22/h5-7,9-12,18,23-25,28,32,37H,8,13-17,19-20H2,1-4H3,(H,33,35)/t23-,24+,28-/m0/s1. The highest BCUT2D eigenvalue weighted by Gasteiger charge is 2.41. The van der Waals surface area contributed by atoms with Crippen LogP contribution in [0.25, 0.3) is 0 Å². The molecule has 0 spiro atoms. The maximum atomic E-state index is 13.9. The van der Waals surface area contributed by atoms with Crippen molar-refractivity contribution in [3.63, 3.8) is 0 Å². The molecule has 1 heterocycles.